The fraction of sp³-hybridized carbons (Fsp3) is 0.600. The van der Waals surface area contributed by atoms with Crippen molar-refractivity contribution in [1.29, 1.82) is 0 Å². The summed E-state index contributed by atoms with van der Waals surface area (Å²) in [4.78, 5) is 0. The Bertz CT molecular complexity index is 364. The van der Waals surface area contributed by atoms with Gasteiger partial charge in [0, 0.05) is 6.04 Å². The Hall–Kier alpha value is -0.890. The fourth-order valence-electron chi connectivity index (χ4n) is 3.04. The minimum atomic E-state index is -0.128. The molecule has 1 aliphatic rings. The van der Waals surface area contributed by atoms with Crippen LogP contribution < -0.4 is 5.32 Å². The predicted molar refractivity (Wildman–Crippen MR) is 69.5 cm³/mol. The summed E-state index contributed by atoms with van der Waals surface area (Å²) < 4.78 is 13.1. The van der Waals surface area contributed by atoms with Crippen LogP contribution in [0, 0.1) is 17.7 Å². The van der Waals surface area contributed by atoms with Crippen LogP contribution in [0.4, 0.5) is 4.39 Å². The summed E-state index contributed by atoms with van der Waals surface area (Å²) in [5, 5.41) is 3.41. The normalized spacial score (nSPS) is 26.1. The molecule has 0 bridgehead atoms. The highest BCUT2D eigenvalue weighted by Crippen LogP contribution is 2.33. The van der Waals surface area contributed by atoms with E-state index in [1.807, 2.05) is 13.1 Å². The van der Waals surface area contributed by atoms with Gasteiger partial charge in [-0.1, -0.05) is 25.5 Å². The van der Waals surface area contributed by atoms with Crippen LogP contribution in [-0.2, 0) is 6.42 Å². The van der Waals surface area contributed by atoms with Gasteiger partial charge in [-0.2, -0.15) is 0 Å². The third kappa shape index (κ3) is 3.29. The van der Waals surface area contributed by atoms with Crippen LogP contribution in [0.2, 0.25) is 0 Å². The number of hydrogen-bond donors (Lipinski definition) is 1. The van der Waals surface area contributed by atoms with E-state index in [0.29, 0.717) is 6.04 Å². The van der Waals surface area contributed by atoms with Gasteiger partial charge >= 0.3 is 0 Å². The fourth-order valence-corrected chi connectivity index (χ4v) is 3.04. The molecule has 1 nitrogen and oxygen atoms in total. The lowest BCUT2D eigenvalue weighted by atomic mass is 9.91. The number of likely N-dealkylation sites (N-methyl/N-ethyl adjacent to an activating group) is 1. The average molecular weight is 235 g/mol. The van der Waals surface area contributed by atoms with Crippen molar-refractivity contribution in [2.75, 3.05) is 7.05 Å². The van der Waals surface area contributed by atoms with E-state index >= 15 is 0 Å². The second-order valence-corrected chi connectivity index (χ2v) is 5.41. The highest BCUT2D eigenvalue weighted by molar-refractivity contribution is 5.17. The number of hydrogen-bond acceptors (Lipinski definition) is 1. The van der Waals surface area contributed by atoms with E-state index in [4.69, 9.17) is 0 Å². The molecule has 0 heterocycles. The minimum Gasteiger partial charge on any atom is -0.316 e. The summed E-state index contributed by atoms with van der Waals surface area (Å²) in [6.45, 7) is 2.33. The summed E-state index contributed by atoms with van der Waals surface area (Å²) in [5.41, 5.74) is 1.10. The first-order valence-corrected chi connectivity index (χ1v) is 6.60. The highest BCUT2D eigenvalue weighted by Gasteiger charge is 2.27. The second kappa shape index (κ2) is 5.63. The predicted octanol–water partition coefficient (Wildman–Crippen LogP) is 3.39. The van der Waals surface area contributed by atoms with Gasteiger partial charge in [-0.25, -0.2) is 4.39 Å². The Morgan fingerprint density at radius 1 is 1.41 bits per heavy atom. The van der Waals surface area contributed by atoms with Crippen molar-refractivity contribution in [1.82, 2.24) is 5.32 Å². The summed E-state index contributed by atoms with van der Waals surface area (Å²) in [5.74, 6) is 1.47. The third-order valence-corrected chi connectivity index (χ3v) is 4.02. The molecule has 0 aromatic heterocycles. The van der Waals surface area contributed by atoms with E-state index < -0.39 is 0 Å². The third-order valence-electron chi connectivity index (χ3n) is 4.02. The summed E-state index contributed by atoms with van der Waals surface area (Å²) in [7, 11) is 2.02. The lowest BCUT2D eigenvalue weighted by molar-refractivity contribution is 0.367. The van der Waals surface area contributed by atoms with Gasteiger partial charge in [-0.15, -0.1) is 0 Å². The van der Waals surface area contributed by atoms with Gasteiger partial charge in [0.2, 0.25) is 0 Å². The topological polar surface area (TPSA) is 12.0 Å². The van der Waals surface area contributed by atoms with Crippen molar-refractivity contribution < 1.29 is 4.39 Å². The molecule has 0 amide bonds. The van der Waals surface area contributed by atoms with Crippen LogP contribution in [0.1, 0.15) is 31.7 Å². The summed E-state index contributed by atoms with van der Waals surface area (Å²) in [6.07, 6.45) is 4.89. The molecule has 0 saturated heterocycles. The van der Waals surface area contributed by atoms with Crippen LogP contribution in [0.15, 0.2) is 24.3 Å². The molecule has 0 radical (unpaired) electrons. The van der Waals surface area contributed by atoms with Gasteiger partial charge < -0.3 is 5.32 Å². The van der Waals surface area contributed by atoms with Crippen LogP contribution in [-0.4, -0.2) is 13.1 Å². The van der Waals surface area contributed by atoms with E-state index in [0.717, 1.165) is 23.8 Å². The summed E-state index contributed by atoms with van der Waals surface area (Å²) in [6, 6.07) is 7.47. The average Bonchev–Trinajstić information content (AvgIpc) is 2.73. The molecule has 0 aliphatic heterocycles. The molecule has 2 rings (SSSR count). The Balaban J connectivity index is 2.00. The Morgan fingerprint density at radius 3 is 2.82 bits per heavy atom. The number of halogens is 1. The molecule has 17 heavy (non-hydrogen) atoms. The lowest BCUT2D eigenvalue weighted by Crippen LogP contribution is -2.34. The SMILES string of the molecule is CNC(Cc1cccc(F)c1)C1CCC(C)C1. The Morgan fingerprint density at radius 2 is 2.24 bits per heavy atom. The molecule has 94 valence electrons. The first kappa shape index (κ1) is 12.6. The van der Waals surface area contributed by atoms with Crippen molar-refractivity contribution in [3.05, 3.63) is 35.6 Å². The molecular formula is C15H22FN. The van der Waals surface area contributed by atoms with Crippen molar-refractivity contribution in [3.63, 3.8) is 0 Å². The van der Waals surface area contributed by atoms with Crippen LogP contribution >= 0.6 is 0 Å². The molecule has 3 unspecified atom stereocenters. The quantitative estimate of drug-likeness (QED) is 0.843. The molecule has 1 saturated carbocycles. The molecule has 1 fully saturated rings. The van der Waals surface area contributed by atoms with Gasteiger partial charge in [-0.05, 0) is 55.8 Å². The lowest BCUT2D eigenvalue weighted by Gasteiger charge is -2.23. The largest absolute Gasteiger partial charge is 0.316 e. The van der Waals surface area contributed by atoms with Crippen molar-refractivity contribution in [3.8, 4) is 0 Å². The van der Waals surface area contributed by atoms with Crippen LogP contribution in [0.25, 0.3) is 0 Å². The Kier molecular flexibility index (Phi) is 4.16. The van der Waals surface area contributed by atoms with Gasteiger partial charge in [0.15, 0.2) is 0 Å². The van der Waals surface area contributed by atoms with Gasteiger partial charge in [0.25, 0.3) is 0 Å². The zero-order valence-electron chi connectivity index (χ0n) is 10.7. The van der Waals surface area contributed by atoms with Gasteiger partial charge in [0.05, 0.1) is 0 Å². The van der Waals surface area contributed by atoms with Gasteiger partial charge in [-0.3, -0.25) is 0 Å². The highest BCUT2D eigenvalue weighted by atomic mass is 19.1. The number of benzene rings is 1. The molecule has 3 atom stereocenters. The van der Waals surface area contributed by atoms with Crippen molar-refractivity contribution in [2.24, 2.45) is 11.8 Å². The molecule has 0 spiro atoms. The molecular weight excluding hydrogens is 213 g/mol. The zero-order valence-corrected chi connectivity index (χ0v) is 10.7. The van der Waals surface area contributed by atoms with E-state index in [1.54, 1.807) is 12.1 Å². The molecule has 1 aliphatic carbocycles. The molecule has 1 aromatic rings. The summed E-state index contributed by atoms with van der Waals surface area (Å²) >= 11 is 0. The maximum absolute atomic E-state index is 13.1. The first-order chi connectivity index (χ1) is 8.19. The Labute approximate surface area is 103 Å². The minimum absolute atomic E-state index is 0.128. The second-order valence-electron chi connectivity index (χ2n) is 5.41. The van der Waals surface area contributed by atoms with Crippen molar-refractivity contribution in [2.45, 2.75) is 38.6 Å². The maximum Gasteiger partial charge on any atom is 0.123 e. The van der Waals surface area contributed by atoms with Gasteiger partial charge in [0.1, 0.15) is 5.82 Å². The van der Waals surface area contributed by atoms with E-state index in [1.165, 1.54) is 25.3 Å². The van der Waals surface area contributed by atoms with E-state index in [2.05, 4.69) is 12.2 Å². The standard InChI is InChI=1S/C15H22FN/c1-11-6-7-13(8-11)15(17-2)10-12-4-3-5-14(16)9-12/h3-5,9,11,13,15,17H,6-8,10H2,1-2H3. The van der Waals surface area contributed by atoms with E-state index in [9.17, 15) is 4.39 Å². The molecule has 1 aromatic carbocycles. The maximum atomic E-state index is 13.1. The van der Waals surface area contributed by atoms with Crippen LogP contribution in [0.3, 0.4) is 0 Å². The van der Waals surface area contributed by atoms with E-state index in [-0.39, 0.29) is 5.82 Å². The zero-order chi connectivity index (χ0) is 12.3. The first-order valence-electron chi connectivity index (χ1n) is 6.60. The monoisotopic (exact) mass is 235 g/mol. The number of rotatable bonds is 4. The van der Waals surface area contributed by atoms with Crippen LogP contribution in [0.5, 0.6) is 0 Å². The molecule has 2 heteroatoms. The smallest absolute Gasteiger partial charge is 0.123 e. The van der Waals surface area contributed by atoms with Crippen molar-refractivity contribution >= 4 is 0 Å². The molecule has 1 N–H and O–H groups in total. The number of nitrogens with one attached hydrogen (secondary N) is 1.